The molecule has 0 unspecified atom stereocenters. The molecule has 0 spiro atoms. The lowest BCUT2D eigenvalue weighted by Crippen LogP contribution is -2.49. The average Bonchev–Trinajstić information content (AvgIpc) is 2.94. The number of phenols is 1. The Morgan fingerprint density at radius 3 is 2.38 bits per heavy atom. The van der Waals surface area contributed by atoms with Gasteiger partial charge in [0.1, 0.15) is 5.75 Å². The summed E-state index contributed by atoms with van der Waals surface area (Å²) in [5, 5.41) is 20.7. The minimum absolute atomic E-state index is 0.0225. The second-order valence-corrected chi connectivity index (χ2v) is 4.93. The third-order valence-electron chi connectivity index (χ3n) is 3.56. The highest BCUT2D eigenvalue weighted by Gasteiger charge is 2.24. The van der Waals surface area contributed by atoms with Crippen LogP contribution in [0.25, 0.3) is 0 Å². The summed E-state index contributed by atoms with van der Waals surface area (Å²) in [4.78, 5) is 16.2. The van der Waals surface area contributed by atoms with Crippen LogP contribution in [-0.2, 0) is 7.05 Å². The van der Waals surface area contributed by atoms with E-state index >= 15 is 0 Å². The fourth-order valence-electron chi connectivity index (χ4n) is 2.39. The van der Waals surface area contributed by atoms with E-state index in [9.17, 15) is 9.90 Å². The molecule has 1 aromatic carbocycles. The number of hydrogen-bond donors (Lipinski definition) is 1. The Morgan fingerprint density at radius 2 is 1.81 bits per heavy atom. The van der Waals surface area contributed by atoms with Gasteiger partial charge in [-0.3, -0.25) is 4.79 Å². The Hall–Kier alpha value is -2.64. The second-order valence-electron chi connectivity index (χ2n) is 4.93. The minimum Gasteiger partial charge on any atom is -0.508 e. The zero-order valence-electron chi connectivity index (χ0n) is 11.7. The Labute approximate surface area is 121 Å². The summed E-state index contributed by atoms with van der Waals surface area (Å²) in [6.07, 6.45) is 0. The van der Waals surface area contributed by atoms with E-state index in [0.717, 1.165) is 0 Å². The molecule has 1 aromatic heterocycles. The lowest BCUT2D eigenvalue weighted by atomic mass is 10.1. The van der Waals surface area contributed by atoms with Crippen molar-refractivity contribution in [2.24, 2.45) is 7.05 Å². The van der Waals surface area contributed by atoms with Gasteiger partial charge in [0.25, 0.3) is 5.91 Å². The van der Waals surface area contributed by atoms with Gasteiger partial charge in [0.15, 0.2) is 0 Å². The maximum absolute atomic E-state index is 12.4. The van der Waals surface area contributed by atoms with Gasteiger partial charge in [-0.2, -0.15) is 0 Å². The molecule has 8 nitrogen and oxygen atoms in total. The standard InChI is InChI=1S/C13H16N6O2/c1-17-13(14-15-16-17)19-8-6-18(7-9-19)12(21)10-2-4-11(20)5-3-10/h2-5,20H,6-9H2,1H3. The van der Waals surface area contributed by atoms with Crippen molar-refractivity contribution in [1.82, 2.24) is 25.1 Å². The number of phenolic OH excluding ortho intramolecular Hbond substituents is 1. The van der Waals surface area contributed by atoms with Crippen LogP contribution in [0.2, 0.25) is 0 Å². The Kier molecular flexibility index (Phi) is 3.43. The van der Waals surface area contributed by atoms with Crippen LogP contribution in [0, 0.1) is 0 Å². The number of benzene rings is 1. The molecule has 1 aliphatic heterocycles. The monoisotopic (exact) mass is 288 g/mol. The van der Waals surface area contributed by atoms with Crippen LogP contribution in [0.5, 0.6) is 5.75 Å². The molecule has 1 saturated heterocycles. The number of carbonyl (C=O) groups is 1. The first kappa shape index (κ1) is 13.3. The lowest BCUT2D eigenvalue weighted by molar-refractivity contribution is 0.0746. The second kappa shape index (κ2) is 5.39. The topological polar surface area (TPSA) is 87.4 Å². The molecular formula is C13H16N6O2. The fraction of sp³-hybridized carbons (Fsp3) is 0.385. The van der Waals surface area contributed by atoms with Crippen molar-refractivity contribution in [1.29, 1.82) is 0 Å². The van der Waals surface area contributed by atoms with E-state index in [1.165, 1.54) is 12.1 Å². The summed E-state index contributed by atoms with van der Waals surface area (Å²) < 4.78 is 1.62. The van der Waals surface area contributed by atoms with Crippen molar-refractivity contribution in [3.63, 3.8) is 0 Å². The van der Waals surface area contributed by atoms with E-state index in [0.29, 0.717) is 37.7 Å². The summed E-state index contributed by atoms with van der Waals surface area (Å²) in [7, 11) is 1.79. The van der Waals surface area contributed by atoms with E-state index in [1.807, 2.05) is 0 Å². The molecular weight excluding hydrogens is 272 g/mol. The van der Waals surface area contributed by atoms with Crippen LogP contribution in [0.4, 0.5) is 5.95 Å². The van der Waals surface area contributed by atoms with Crippen molar-refractivity contribution < 1.29 is 9.90 Å². The van der Waals surface area contributed by atoms with Crippen molar-refractivity contribution in [3.05, 3.63) is 29.8 Å². The highest BCUT2D eigenvalue weighted by atomic mass is 16.3. The number of anilines is 1. The summed E-state index contributed by atoms with van der Waals surface area (Å²) in [6, 6.07) is 6.32. The van der Waals surface area contributed by atoms with Crippen molar-refractivity contribution in [2.45, 2.75) is 0 Å². The lowest BCUT2D eigenvalue weighted by Gasteiger charge is -2.34. The van der Waals surface area contributed by atoms with E-state index in [-0.39, 0.29) is 11.7 Å². The van der Waals surface area contributed by atoms with Crippen molar-refractivity contribution >= 4 is 11.9 Å². The molecule has 0 atom stereocenters. The smallest absolute Gasteiger partial charge is 0.253 e. The summed E-state index contributed by atoms with van der Waals surface area (Å²) >= 11 is 0. The largest absolute Gasteiger partial charge is 0.508 e. The molecule has 2 aromatic rings. The molecule has 1 amide bonds. The molecule has 1 fully saturated rings. The van der Waals surface area contributed by atoms with E-state index in [2.05, 4.69) is 20.4 Å². The number of aryl methyl sites for hydroxylation is 1. The fourth-order valence-corrected chi connectivity index (χ4v) is 2.39. The first-order chi connectivity index (χ1) is 10.1. The van der Waals surface area contributed by atoms with Gasteiger partial charge in [0.05, 0.1) is 0 Å². The average molecular weight is 288 g/mol. The van der Waals surface area contributed by atoms with E-state index < -0.39 is 0 Å². The molecule has 110 valence electrons. The zero-order chi connectivity index (χ0) is 14.8. The van der Waals surface area contributed by atoms with E-state index in [1.54, 1.807) is 28.8 Å². The van der Waals surface area contributed by atoms with Gasteiger partial charge in [0.2, 0.25) is 5.95 Å². The normalized spacial score (nSPS) is 15.3. The van der Waals surface area contributed by atoms with Crippen LogP contribution < -0.4 is 4.90 Å². The van der Waals surface area contributed by atoms with E-state index in [4.69, 9.17) is 0 Å². The van der Waals surface area contributed by atoms with Gasteiger partial charge in [-0.15, -0.1) is 0 Å². The highest BCUT2D eigenvalue weighted by Crippen LogP contribution is 2.15. The van der Waals surface area contributed by atoms with Crippen LogP contribution >= 0.6 is 0 Å². The van der Waals surface area contributed by atoms with Crippen LogP contribution in [-0.4, -0.2) is 62.3 Å². The van der Waals surface area contributed by atoms with Crippen molar-refractivity contribution in [3.8, 4) is 5.75 Å². The molecule has 21 heavy (non-hydrogen) atoms. The molecule has 1 aliphatic rings. The molecule has 8 heteroatoms. The number of nitrogens with zero attached hydrogens (tertiary/aromatic N) is 6. The van der Waals surface area contributed by atoms with Crippen molar-refractivity contribution in [2.75, 3.05) is 31.1 Å². The maximum atomic E-state index is 12.4. The molecule has 1 N–H and O–H groups in total. The van der Waals surface area contributed by atoms with Crippen LogP contribution in [0.15, 0.2) is 24.3 Å². The Balaban J connectivity index is 1.64. The number of carbonyl (C=O) groups excluding carboxylic acids is 1. The zero-order valence-corrected chi connectivity index (χ0v) is 11.7. The molecule has 0 bridgehead atoms. The van der Waals surface area contributed by atoms with Crippen LogP contribution in [0.3, 0.4) is 0 Å². The third-order valence-corrected chi connectivity index (χ3v) is 3.56. The van der Waals surface area contributed by atoms with Gasteiger partial charge in [-0.05, 0) is 34.7 Å². The molecule has 3 rings (SSSR count). The predicted octanol–water partition coefficient (Wildman–Crippen LogP) is -0.122. The predicted molar refractivity (Wildman–Crippen MR) is 75.0 cm³/mol. The van der Waals surface area contributed by atoms with Gasteiger partial charge in [-0.1, -0.05) is 5.10 Å². The van der Waals surface area contributed by atoms with Gasteiger partial charge in [-0.25, -0.2) is 4.68 Å². The number of tetrazole rings is 1. The molecule has 0 radical (unpaired) electrons. The highest BCUT2D eigenvalue weighted by molar-refractivity contribution is 5.94. The van der Waals surface area contributed by atoms with Gasteiger partial charge >= 0.3 is 0 Å². The number of hydrogen-bond acceptors (Lipinski definition) is 6. The molecule has 0 saturated carbocycles. The summed E-state index contributed by atoms with van der Waals surface area (Å²) in [6.45, 7) is 2.62. The Bertz CT molecular complexity index is 630. The quantitative estimate of drug-likeness (QED) is 0.829. The number of aromatic nitrogens is 4. The number of piperazine rings is 1. The summed E-state index contributed by atoms with van der Waals surface area (Å²) in [5.74, 6) is 0.851. The minimum atomic E-state index is -0.0225. The number of aromatic hydroxyl groups is 1. The van der Waals surface area contributed by atoms with Gasteiger partial charge in [0, 0.05) is 38.8 Å². The molecule has 2 heterocycles. The number of amides is 1. The van der Waals surface area contributed by atoms with Crippen LogP contribution in [0.1, 0.15) is 10.4 Å². The maximum Gasteiger partial charge on any atom is 0.253 e. The Morgan fingerprint density at radius 1 is 1.14 bits per heavy atom. The van der Waals surface area contributed by atoms with Gasteiger partial charge < -0.3 is 14.9 Å². The first-order valence-corrected chi connectivity index (χ1v) is 6.71. The third kappa shape index (κ3) is 2.64. The molecule has 0 aliphatic carbocycles. The summed E-state index contributed by atoms with van der Waals surface area (Å²) in [5.41, 5.74) is 0.585. The number of rotatable bonds is 2. The first-order valence-electron chi connectivity index (χ1n) is 6.71. The SMILES string of the molecule is Cn1nnnc1N1CCN(C(=O)c2ccc(O)cc2)CC1.